The van der Waals surface area contributed by atoms with Gasteiger partial charge in [-0.05, 0) is 54.7 Å². The number of alkyl halides is 3. The van der Waals surface area contributed by atoms with Crippen LogP contribution in [0.5, 0.6) is 5.75 Å². The number of aromatic nitrogens is 1. The molecule has 1 heterocycles. The number of aryl methyl sites for hydroxylation is 1. The molecule has 0 aliphatic heterocycles. The summed E-state index contributed by atoms with van der Waals surface area (Å²) in [6.07, 6.45) is -5.48. The number of benzene rings is 2. The zero-order chi connectivity index (χ0) is 23.5. The van der Waals surface area contributed by atoms with Crippen molar-refractivity contribution in [2.24, 2.45) is 0 Å². The van der Waals surface area contributed by atoms with E-state index in [-0.39, 0.29) is 22.9 Å². The third-order valence-corrected chi connectivity index (χ3v) is 6.66. The fourth-order valence-corrected chi connectivity index (χ4v) is 5.08. The number of pyridine rings is 1. The number of nitrogens with zero attached hydrogens (tertiary/aromatic N) is 1. The van der Waals surface area contributed by atoms with Gasteiger partial charge >= 0.3 is 6.18 Å². The molecule has 4 rings (SSSR count). The summed E-state index contributed by atoms with van der Waals surface area (Å²) >= 11 is 6.08. The van der Waals surface area contributed by atoms with Gasteiger partial charge in [-0.15, -0.1) is 0 Å². The van der Waals surface area contributed by atoms with E-state index in [0.717, 1.165) is 16.6 Å². The average molecular weight is 465 g/mol. The third kappa shape index (κ3) is 3.57. The number of aromatic hydroxyl groups is 1. The monoisotopic (exact) mass is 464 g/mol. The van der Waals surface area contributed by atoms with Crippen LogP contribution >= 0.6 is 11.6 Å². The molecule has 32 heavy (non-hydrogen) atoms. The Kier molecular flexibility index (Phi) is 5.33. The van der Waals surface area contributed by atoms with Crippen LogP contribution in [0.2, 0.25) is 5.02 Å². The Morgan fingerprint density at radius 2 is 1.88 bits per heavy atom. The SMILES string of the molecule is Cc1ccc2c(NCC3c4ccc(Cl)c(O)c4C(C)(C)CC3(O)C(F)(F)F)cccc2n1. The Morgan fingerprint density at radius 3 is 2.56 bits per heavy atom. The van der Waals surface area contributed by atoms with Gasteiger partial charge in [-0.25, -0.2) is 0 Å². The van der Waals surface area contributed by atoms with Gasteiger partial charge < -0.3 is 15.5 Å². The molecule has 3 N–H and O–H groups in total. The number of nitrogens with one attached hydrogen (secondary N) is 1. The second kappa shape index (κ2) is 7.52. The van der Waals surface area contributed by atoms with Crippen molar-refractivity contribution in [1.29, 1.82) is 0 Å². The first kappa shape index (κ1) is 22.7. The molecule has 2 unspecified atom stereocenters. The number of fused-ring (bicyclic) bond motifs is 2. The lowest BCUT2D eigenvalue weighted by molar-refractivity contribution is -0.277. The molecule has 2 atom stereocenters. The Bertz CT molecular complexity index is 1200. The smallest absolute Gasteiger partial charge is 0.417 e. The lowest BCUT2D eigenvalue weighted by atomic mass is 9.61. The molecule has 1 aliphatic carbocycles. The molecule has 170 valence electrons. The molecule has 0 spiro atoms. The normalized spacial score (nSPS) is 22.6. The maximum atomic E-state index is 14.2. The van der Waals surface area contributed by atoms with Crippen LogP contribution in [-0.2, 0) is 5.41 Å². The summed E-state index contributed by atoms with van der Waals surface area (Å²) in [7, 11) is 0. The second-order valence-electron chi connectivity index (χ2n) is 9.10. The summed E-state index contributed by atoms with van der Waals surface area (Å²) in [5, 5.41) is 25.6. The highest BCUT2D eigenvalue weighted by molar-refractivity contribution is 6.32. The highest BCUT2D eigenvalue weighted by atomic mass is 35.5. The van der Waals surface area contributed by atoms with E-state index in [1.54, 1.807) is 26.0 Å². The van der Waals surface area contributed by atoms with Crippen molar-refractivity contribution in [3.8, 4) is 5.75 Å². The lowest BCUT2D eigenvalue weighted by Crippen LogP contribution is -2.58. The van der Waals surface area contributed by atoms with E-state index in [2.05, 4.69) is 10.3 Å². The van der Waals surface area contributed by atoms with Gasteiger partial charge in [0.05, 0.1) is 10.5 Å². The highest BCUT2D eigenvalue weighted by Crippen LogP contribution is 2.57. The molecule has 3 aromatic rings. The summed E-state index contributed by atoms with van der Waals surface area (Å²) in [5.41, 5.74) is -1.41. The van der Waals surface area contributed by atoms with E-state index in [1.165, 1.54) is 12.1 Å². The topological polar surface area (TPSA) is 65.4 Å². The van der Waals surface area contributed by atoms with Crippen molar-refractivity contribution >= 4 is 28.2 Å². The van der Waals surface area contributed by atoms with Gasteiger partial charge in [0.2, 0.25) is 0 Å². The molecule has 0 amide bonds. The first-order valence-electron chi connectivity index (χ1n) is 10.3. The van der Waals surface area contributed by atoms with E-state index in [9.17, 15) is 23.4 Å². The Balaban J connectivity index is 1.81. The van der Waals surface area contributed by atoms with Crippen LogP contribution in [0, 0.1) is 6.92 Å². The van der Waals surface area contributed by atoms with Crippen molar-refractivity contribution in [3.63, 3.8) is 0 Å². The minimum Gasteiger partial charge on any atom is -0.506 e. The van der Waals surface area contributed by atoms with Gasteiger partial charge in [0.1, 0.15) is 5.75 Å². The lowest BCUT2D eigenvalue weighted by Gasteiger charge is -2.49. The zero-order valence-electron chi connectivity index (χ0n) is 17.9. The zero-order valence-corrected chi connectivity index (χ0v) is 18.6. The van der Waals surface area contributed by atoms with Crippen LogP contribution in [0.1, 0.15) is 43.0 Å². The fourth-order valence-electron chi connectivity index (χ4n) is 4.93. The maximum absolute atomic E-state index is 14.2. The number of phenols is 1. The maximum Gasteiger partial charge on any atom is 0.417 e. The molecule has 0 bridgehead atoms. The summed E-state index contributed by atoms with van der Waals surface area (Å²) in [6, 6.07) is 11.9. The van der Waals surface area contributed by atoms with Crippen LogP contribution in [0.15, 0.2) is 42.5 Å². The van der Waals surface area contributed by atoms with Crippen LogP contribution in [0.25, 0.3) is 10.9 Å². The highest BCUT2D eigenvalue weighted by Gasteiger charge is 2.63. The number of anilines is 1. The molecular formula is C24H24ClF3N2O2. The summed E-state index contributed by atoms with van der Waals surface area (Å²) < 4.78 is 42.7. The number of hydrogen-bond donors (Lipinski definition) is 3. The molecule has 1 aliphatic rings. The van der Waals surface area contributed by atoms with Crippen LogP contribution < -0.4 is 5.32 Å². The number of hydrogen-bond acceptors (Lipinski definition) is 4. The average Bonchev–Trinajstić information content (AvgIpc) is 2.68. The quantitative estimate of drug-likeness (QED) is 0.440. The van der Waals surface area contributed by atoms with E-state index in [4.69, 9.17) is 11.6 Å². The van der Waals surface area contributed by atoms with Crippen LogP contribution in [0.4, 0.5) is 18.9 Å². The van der Waals surface area contributed by atoms with Gasteiger partial charge in [0, 0.05) is 34.8 Å². The van der Waals surface area contributed by atoms with Gasteiger partial charge in [-0.2, -0.15) is 13.2 Å². The fraction of sp³-hybridized carbons (Fsp3) is 0.375. The Morgan fingerprint density at radius 1 is 1.16 bits per heavy atom. The number of halogens is 4. The first-order valence-corrected chi connectivity index (χ1v) is 10.6. The Labute approximate surface area is 189 Å². The predicted molar refractivity (Wildman–Crippen MR) is 119 cm³/mol. The minimum absolute atomic E-state index is 0.0662. The molecule has 0 radical (unpaired) electrons. The minimum atomic E-state index is -4.87. The third-order valence-electron chi connectivity index (χ3n) is 6.36. The van der Waals surface area contributed by atoms with E-state index in [0.29, 0.717) is 11.3 Å². The van der Waals surface area contributed by atoms with Crippen LogP contribution in [-0.4, -0.2) is 33.5 Å². The molecule has 0 saturated heterocycles. The van der Waals surface area contributed by atoms with Gasteiger partial charge in [0.25, 0.3) is 0 Å². The first-order chi connectivity index (χ1) is 14.8. The molecule has 4 nitrogen and oxygen atoms in total. The van der Waals surface area contributed by atoms with Gasteiger partial charge in [0.15, 0.2) is 5.60 Å². The number of aliphatic hydroxyl groups is 1. The molecule has 8 heteroatoms. The van der Waals surface area contributed by atoms with E-state index in [1.807, 2.05) is 25.1 Å². The van der Waals surface area contributed by atoms with Crippen molar-refractivity contribution in [2.45, 2.75) is 50.3 Å². The largest absolute Gasteiger partial charge is 0.506 e. The molecule has 0 fully saturated rings. The van der Waals surface area contributed by atoms with E-state index >= 15 is 0 Å². The number of phenolic OH excluding ortho intramolecular Hbond substituents is 1. The molecular weight excluding hydrogens is 441 g/mol. The van der Waals surface area contributed by atoms with Crippen molar-refractivity contribution in [1.82, 2.24) is 4.98 Å². The summed E-state index contributed by atoms with van der Waals surface area (Å²) in [6.45, 7) is 4.80. The standard InChI is InChI=1S/C24H24ClF3N2O2/c1-13-7-8-15-18(5-4-6-19(15)30-13)29-11-16-14-9-10-17(25)21(31)20(14)22(2,3)12-23(16,32)24(26,27)28/h4-10,16,29,31-32H,11-12H2,1-3H3. The van der Waals surface area contributed by atoms with Crippen molar-refractivity contribution < 1.29 is 23.4 Å². The van der Waals surface area contributed by atoms with Crippen molar-refractivity contribution in [2.75, 3.05) is 11.9 Å². The molecule has 2 aromatic carbocycles. The van der Waals surface area contributed by atoms with Gasteiger partial charge in [-0.1, -0.05) is 37.6 Å². The second-order valence-corrected chi connectivity index (χ2v) is 9.51. The Hall–Kier alpha value is -2.51. The summed E-state index contributed by atoms with van der Waals surface area (Å²) in [5.74, 6) is -1.60. The predicted octanol–water partition coefficient (Wildman–Crippen LogP) is 6.07. The van der Waals surface area contributed by atoms with E-state index < -0.39 is 29.5 Å². The van der Waals surface area contributed by atoms with Crippen LogP contribution in [0.3, 0.4) is 0 Å². The summed E-state index contributed by atoms with van der Waals surface area (Å²) in [4.78, 5) is 4.46. The molecule has 1 aromatic heterocycles. The number of rotatable bonds is 3. The molecule has 0 saturated carbocycles. The van der Waals surface area contributed by atoms with Crippen molar-refractivity contribution in [3.05, 3.63) is 64.3 Å². The van der Waals surface area contributed by atoms with Gasteiger partial charge in [-0.3, -0.25) is 4.98 Å².